The molecule has 0 aliphatic carbocycles. The van der Waals surface area contributed by atoms with E-state index in [0.717, 1.165) is 40.9 Å². The molecule has 0 radical (unpaired) electrons. The van der Waals surface area contributed by atoms with E-state index >= 15 is 0 Å². The van der Waals surface area contributed by atoms with Crippen LogP contribution in [-0.2, 0) is 23.7 Å². The lowest BCUT2D eigenvalue weighted by Gasteiger charge is -2.09. The minimum absolute atomic E-state index is 0.0369. The van der Waals surface area contributed by atoms with Crippen molar-refractivity contribution in [1.29, 1.82) is 0 Å². The Morgan fingerprint density at radius 1 is 0.964 bits per heavy atom. The molecule has 0 fully saturated rings. The van der Waals surface area contributed by atoms with Crippen LogP contribution in [0.15, 0.2) is 42.6 Å². The summed E-state index contributed by atoms with van der Waals surface area (Å²) in [5, 5.41) is 2.51. The number of imidazole rings is 1. The normalized spacial score (nSPS) is 12.4. The average molecular weight is 401 g/mol. The molecule has 3 aromatic rings. The van der Waals surface area contributed by atoms with Crippen LogP contribution in [0.2, 0.25) is 0 Å². The lowest BCUT2D eigenvalue weighted by Crippen LogP contribution is -2.19. The Labute approximate surface area is 154 Å². The summed E-state index contributed by atoms with van der Waals surface area (Å²) < 4.78 is 78.7. The van der Waals surface area contributed by atoms with Crippen LogP contribution in [0.25, 0.3) is 16.9 Å². The summed E-state index contributed by atoms with van der Waals surface area (Å²) in [6, 6.07) is 6.03. The highest BCUT2D eigenvalue weighted by molar-refractivity contribution is 5.73. The van der Waals surface area contributed by atoms with Gasteiger partial charge in [-0.2, -0.15) is 26.3 Å². The van der Waals surface area contributed by atoms with Crippen LogP contribution in [0, 0.1) is 0 Å². The number of nitrogens with one attached hydrogen (secondary N) is 1. The predicted molar refractivity (Wildman–Crippen MR) is 88.2 cm³/mol. The lowest BCUT2D eigenvalue weighted by molar-refractivity contribution is -0.138. The maximum Gasteiger partial charge on any atom is 0.417 e. The van der Waals surface area contributed by atoms with Gasteiger partial charge in [0.05, 0.1) is 28.9 Å². The molecular formula is C18H13F6N3O. The number of aromatic nitrogens is 2. The third-order valence-electron chi connectivity index (χ3n) is 4.02. The second-order valence-corrected chi connectivity index (χ2v) is 6.04. The number of alkyl halides is 6. The van der Waals surface area contributed by atoms with Gasteiger partial charge in [0.1, 0.15) is 5.82 Å². The standard InChI is InChI=1S/C18H13F6N3O/c1-10(28)25-8-14-15-7-6-13(18(22,23)24)9-27(15)16(26-14)11-2-4-12(5-3-11)17(19,20)21/h2-7,9H,8H2,1H3,(H,25,28). The van der Waals surface area contributed by atoms with Crippen LogP contribution < -0.4 is 5.32 Å². The molecule has 0 spiro atoms. The molecule has 1 aromatic carbocycles. The molecule has 148 valence electrons. The minimum atomic E-state index is -4.60. The number of carbonyl (C=O) groups excluding carboxylic acids is 1. The van der Waals surface area contributed by atoms with E-state index in [1.165, 1.54) is 13.0 Å². The van der Waals surface area contributed by atoms with Gasteiger partial charge in [0.25, 0.3) is 0 Å². The highest BCUT2D eigenvalue weighted by Gasteiger charge is 2.32. The molecule has 1 N–H and O–H groups in total. The van der Waals surface area contributed by atoms with E-state index in [1.54, 1.807) is 0 Å². The summed E-state index contributed by atoms with van der Waals surface area (Å²) in [7, 11) is 0. The van der Waals surface area contributed by atoms with Crippen molar-refractivity contribution in [2.45, 2.75) is 25.8 Å². The quantitative estimate of drug-likeness (QED) is 0.648. The van der Waals surface area contributed by atoms with Crippen LogP contribution >= 0.6 is 0 Å². The number of fused-ring (bicyclic) bond motifs is 1. The zero-order valence-electron chi connectivity index (χ0n) is 14.3. The zero-order chi connectivity index (χ0) is 20.7. The monoisotopic (exact) mass is 401 g/mol. The van der Waals surface area contributed by atoms with Gasteiger partial charge in [-0.3, -0.25) is 9.20 Å². The second-order valence-electron chi connectivity index (χ2n) is 6.04. The van der Waals surface area contributed by atoms with E-state index in [0.29, 0.717) is 11.2 Å². The molecule has 1 amide bonds. The van der Waals surface area contributed by atoms with Gasteiger partial charge in [-0.05, 0) is 24.3 Å². The molecule has 0 bridgehead atoms. The molecule has 0 aliphatic heterocycles. The first-order valence-corrected chi connectivity index (χ1v) is 7.97. The fourth-order valence-electron chi connectivity index (χ4n) is 2.67. The van der Waals surface area contributed by atoms with E-state index in [4.69, 9.17) is 0 Å². The van der Waals surface area contributed by atoms with E-state index in [2.05, 4.69) is 10.3 Å². The molecule has 0 aliphatic rings. The second kappa shape index (κ2) is 6.84. The number of hydrogen-bond donors (Lipinski definition) is 1. The molecule has 0 atom stereocenters. The smallest absolute Gasteiger partial charge is 0.351 e. The van der Waals surface area contributed by atoms with Crippen molar-refractivity contribution in [3.63, 3.8) is 0 Å². The van der Waals surface area contributed by atoms with Gasteiger partial charge >= 0.3 is 12.4 Å². The van der Waals surface area contributed by atoms with E-state index < -0.39 is 23.5 Å². The first-order chi connectivity index (χ1) is 13.0. The Bertz CT molecular complexity index is 1020. The molecular weight excluding hydrogens is 388 g/mol. The van der Waals surface area contributed by atoms with E-state index in [-0.39, 0.29) is 23.8 Å². The number of carbonyl (C=O) groups is 1. The largest absolute Gasteiger partial charge is 0.417 e. The van der Waals surface area contributed by atoms with Crippen LogP contribution in [0.1, 0.15) is 23.7 Å². The van der Waals surface area contributed by atoms with Crippen molar-refractivity contribution < 1.29 is 31.1 Å². The van der Waals surface area contributed by atoms with Crippen LogP contribution in [0.3, 0.4) is 0 Å². The number of hydrogen-bond acceptors (Lipinski definition) is 2. The van der Waals surface area contributed by atoms with Gasteiger partial charge in [0.15, 0.2) is 0 Å². The Kier molecular flexibility index (Phi) is 4.82. The number of halogens is 6. The number of pyridine rings is 1. The summed E-state index contributed by atoms with van der Waals surface area (Å²) >= 11 is 0. The van der Waals surface area contributed by atoms with E-state index in [9.17, 15) is 31.1 Å². The van der Waals surface area contributed by atoms with Crippen LogP contribution in [0.5, 0.6) is 0 Å². The van der Waals surface area contributed by atoms with Gasteiger partial charge in [0, 0.05) is 18.7 Å². The minimum Gasteiger partial charge on any atom is -0.351 e. The fourth-order valence-corrected chi connectivity index (χ4v) is 2.67. The molecule has 3 rings (SSSR count). The van der Waals surface area contributed by atoms with Gasteiger partial charge in [0.2, 0.25) is 5.91 Å². The molecule has 2 aromatic heterocycles. The number of rotatable bonds is 3. The highest BCUT2D eigenvalue weighted by Crippen LogP contribution is 2.33. The summed E-state index contributed by atoms with van der Waals surface area (Å²) in [4.78, 5) is 15.4. The van der Waals surface area contributed by atoms with Crippen molar-refractivity contribution >= 4 is 11.4 Å². The SMILES string of the molecule is CC(=O)NCc1nc(-c2ccc(C(F)(F)F)cc2)n2cc(C(F)(F)F)ccc12. The number of amides is 1. The predicted octanol–water partition coefficient (Wildman–Crippen LogP) is 4.68. The van der Waals surface area contributed by atoms with Crippen molar-refractivity contribution in [2.75, 3.05) is 0 Å². The Balaban J connectivity index is 2.15. The summed E-state index contributed by atoms with van der Waals surface area (Å²) in [6.07, 6.45) is -8.31. The third kappa shape index (κ3) is 3.95. The third-order valence-corrected chi connectivity index (χ3v) is 4.02. The fraction of sp³-hybridized carbons (Fsp3) is 0.222. The summed E-state index contributed by atoms with van der Waals surface area (Å²) in [5.41, 5.74) is -1.02. The van der Waals surface area contributed by atoms with Gasteiger partial charge < -0.3 is 5.32 Å². The van der Waals surface area contributed by atoms with Crippen molar-refractivity contribution in [3.05, 3.63) is 59.4 Å². The Morgan fingerprint density at radius 2 is 1.54 bits per heavy atom. The van der Waals surface area contributed by atoms with Gasteiger partial charge in [-0.15, -0.1) is 0 Å². The van der Waals surface area contributed by atoms with Crippen molar-refractivity contribution in [1.82, 2.24) is 14.7 Å². The Morgan fingerprint density at radius 3 is 2.07 bits per heavy atom. The van der Waals surface area contributed by atoms with Crippen molar-refractivity contribution in [2.24, 2.45) is 0 Å². The maximum absolute atomic E-state index is 13.1. The maximum atomic E-state index is 13.1. The van der Waals surface area contributed by atoms with Gasteiger partial charge in [-0.1, -0.05) is 12.1 Å². The molecule has 28 heavy (non-hydrogen) atoms. The molecule has 2 heterocycles. The first-order valence-electron chi connectivity index (χ1n) is 7.97. The van der Waals surface area contributed by atoms with Crippen LogP contribution in [-0.4, -0.2) is 15.3 Å². The van der Waals surface area contributed by atoms with Crippen molar-refractivity contribution in [3.8, 4) is 11.4 Å². The Hall–Kier alpha value is -3.04. The summed E-state index contributed by atoms with van der Waals surface area (Å²) in [6.45, 7) is 1.24. The average Bonchev–Trinajstić information content (AvgIpc) is 2.96. The number of benzene rings is 1. The molecule has 0 saturated heterocycles. The first kappa shape index (κ1) is 19.7. The topological polar surface area (TPSA) is 46.4 Å². The van der Waals surface area contributed by atoms with E-state index in [1.807, 2.05) is 0 Å². The molecule has 0 saturated carbocycles. The highest BCUT2D eigenvalue weighted by atomic mass is 19.4. The van der Waals surface area contributed by atoms with Gasteiger partial charge in [-0.25, -0.2) is 4.98 Å². The zero-order valence-corrected chi connectivity index (χ0v) is 14.3. The number of nitrogens with zero attached hydrogens (tertiary/aromatic N) is 2. The lowest BCUT2D eigenvalue weighted by atomic mass is 10.1. The molecule has 0 unspecified atom stereocenters. The van der Waals surface area contributed by atoms with Crippen LogP contribution in [0.4, 0.5) is 26.3 Å². The molecule has 4 nitrogen and oxygen atoms in total. The molecule has 10 heteroatoms. The summed E-state index contributed by atoms with van der Waals surface area (Å²) in [5.74, 6) is -0.320.